The molecule has 1 aromatic carbocycles. The van der Waals surface area contributed by atoms with Crippen molar-refractivity contribution in [1.82, 2.24) is 0 Å². The van der Waals surface area contributed by atoms with Crippen LogP contribution < -0.4 is 4.74 Å². The first kappa shape index (κ1) is 19.1. The third-order valence-electron chi connectivity index (χ3n) is 6.80. The minimum atomic E-state index is -0.877. The van der Waals surface area contributed by atoms with Crippen molar-refractivity contribution in [2.75, 3.05) is 19.8 Å². The number of benzene rings is 1. The Kier molecular flexibility index (Phi) is 6.28. The highest BCUT2D eigenvalue weighted by molar-refractivity contribution is 5.25. The van der Waals surface area contributed by atoms with E-state index in [0.717, 1.165) is 44.0 Å². The van der Waals surface area contributed by atoms with Gasteiger partial charge in [0.1, 0.15) is 0 Å². The summed E-state index contributed by atoms with van der Waals surface area (Å²) >= 11 is 0. The normalized spacial score (nSPS) is 32.5. The number of hydrogen-bond donors (Lipinski definition) is 0. The predicted octanol–water partition coefficient (Wildman–Crippen LogP) is 5.33. The average molecular weight is 380 g/mol. The Bertz CT molecular complexity index is 602. The number of hydrogen-bond acceptors (Lipinski definition) is 3. The second-order valence-electron chi connectivity index (χ2n) is 8.43. The summed E-state index contributed by atoms with van der Waals surface area (Å²) in [6.45, 7) is 1.97. The summed E-state index contributed by atoms with van der Waals surface area (Å²) in [6.07, 6.45) is 9.75. The third-order valence-corrected chi connectivity index (χ3v) is 6.80. The highest BCUT2D eigenvalue weighted by atomic mass is 19.2. The molecule has 1 aliphatic heterocycles. The lowest BCUT2D eigenvalue weighted by molar-refractivity contribution is -0.0973. The van der Waals surface area contributed by atoms with E-state index < -0.39 is 11.6 Å². The van der Waals surface area contributed by atoms with Gasteiger partial charge >= 0.3 is 0 Å². The van der Waals surface area contributed by atoms with Gasteiger partial charge in [0.25, 0.3) is 0 Å². The van der Waals surface area contributed by atoms with Crippen molar-refractivity contribution in [3.8, 4) is 5.75 Å². The van der Waals surface area contributed by atoms with Gasteiger partial charge in [0.2, 0.25) is 5.82 Å². The fourth-order valence-corrected chi connectivity index (χ4v) is 5.17. The van der Waals surface area contributed by atoms with Gasteiger partial charge < -0.3 is 14.2 Å². The van der Waals surface area contributed by atoms with E-state index in [1.54, 1.807) is 0 Å². The van der Waals surface area contributed by atoms with E-state index in [0.29, 0.717) is 18.4 Å². The van der Waals surface area contributed by atoms with Gasteiger partial charge in [0, 0.05) is 5.92 Å². The van der Waals surface area contributed by atoms with Crippen LogP contribution in [0.4, 0.5) is 8.78 Å². The Hall–Kier alpha value is -1.20. The molecule has 3 nitrogen and oxygen atoms in total. The lowest BCUT2D eigenvalue weighted by Crippen LogP contribution is -2.31. The summed E-state index contributed by atoms with van der Waals surface area (Å²) < 4.78 is 43.9. The topological polar surface area (TPSA) is 27.7 Å². The Labute approximate surface area is 160 Å². The average Bonchev–Trinajstić information content (AvgIpc) is 3.25. The first-order chi connectivity index (χ1) is 13.2. The van der Waals surface area contributed by atoms with Gasteiger partial charge in [-0.1, -0.05) is 6.07 Å². The molecule has 5 heteroatoms. The van der Waals surface area contributed by atoms with Crippen molar-refractivity contribution in [2.45, 2.75) is 57.7 Å². The lowest BCUT2D eigenvalue weighted by Gasteiger charge is -2.38. The van der Waals surface area contributed by atoms with E-state index >= 15 is 0 Å². The van der Waals surface area contributed by atoms with Crippen LogP contribution in [0.2, 0.25) is 0 Å². The smallest absolute Gasteiger partial charge is 0.200 e. The first-order valence-electron chi connectivity index (χ1n) is 10.5. The molecule has 0 unspecified atom stereocenters. The van der Waals surface area contributed by atoms with Crippen LogP contribution in [0.1, 0.15) is 51.4 Å². The van der Waals surface area contributed by atoms with Gasteiger partial charge in [-0.3, -0.25) is 0 Å². The van der Waals surface area contributed by atoms with Crippen molar-refractivity contribution >= 4 is 0 Å². The SMILES string of the molecule is Fc1cccc(OCC2CCC(C3CCC(C4OCCO4)CC3)CC2)c1F. The Morgan fingerprint density at radius 2 is 1.41 bits per heavy atom. The van der Waals surface area contributed by atoms with Crippen molar-refractivity contribution < 1.29 is 23.0 Å². The fraction of sp³-hybridized carbons (Fsp3) is 0.727. The second-order valence-corrected chi connectivity index (χ2v) is 8.43. The highest BCUT2D eigenvalue weighted by Crippen LogP contribution is 2.42. The summed E-state index contributed by atoms with van der Waals surface area (Å²) in [5.74, 6) is 0.962. The second kappa shape index (κ2) is 8.87. The third kappa shape index (κ3) is 4.62. The molecule has 1 heterocycles. The minimum absolute atomic E-state index is 0.0341. The van der Waals surface area contributed by atoms with Crippen LogP contribution in [0.25, 0.3) is 0 Å². The maximum Gasteiger partial charge on any atom is 0.200 e. The summed E-state index contributed by atoms with van der Waals surface area (Å²) in [5, 5.41) is 0. The van der Waals surface area contributed by atoms with Crippen LogP contribution in [0, 0.1) is 35.3 Å². The highest BCUT2D eigenvalue weighted by Gasteiger charge is 2.35. The van der Waals surface area contributed by atoms with Gasteiger partial charge in [0.05, 0.1) is 19.8 Å². The zero-order chi connectivity index (χ0) is 18.6. The van der Waals surface area contributed by atoms with Gasteiger partial charge in [-0.2, -0.15) is 4.39 Å². The van der Waals surface area contributed by atoms with E-state index in [2.05, 4.69) is 0 Å². The summed E-state index contributed by atoms with van der Waals surface area (Å²) in [5.41, 5.74) is 0. The van der Waals surface area contributed by atoms with Gasteiger partial charge in [-0.05, 0) is 81.3 Å². The lowest BCUT2D eigenvalue weighted by atomic mass is 9.69. The van der Waals surface area contributed by atoms with E-state index in [4.69, 9.17) is 14.2 Å². The minimum Gasteiger partial charge on any atom is -0.490 e. The molecule has 2 saturated carbocycles. The summed E-state index contributed by atoms with van der Waals surface area (Å²) in [6, 6.07) is 4.11. The van der Waals surface area contributed by atoms with Gasteiger partial charge in [-0.15, -0.1) is 0 Å². The fourth-order valence-electron chi connectivity index (χ4n) is 5.17. The molecule has 150 valence electrons. The van der Waals surface area contributed by atoms with Crippen molar-refractivity contribution in [3.63, 3.8) is 0 Å². The largest absolute Gasteiger partial charge is 0.490 e. The molecule has 0 bridgehead atoms. The summed E-state index contributed by atoms with van der Waals surface area (Å²) in [4.78, 5) is 0. The molecule has 1 aromatic rings. The van der Waals surface area contributed by atoms with Crippen molar-refractivity contribution in [2.24, 2.45) is 23.7 Å². The molecule has 0 radical (unpaired) electrons. The molecular weight excluding hydrogens is 350 g/mol. The van der Waals surface area contributed by atoms with E-state index in [1.807, 2.05) is 0 Å². The zero-order valence-corrected chi connectivity index (χ0v) is 15.9. The van der Waals surface area contributed by atoms with Crippen LogP contribution in [-0.4, -0.2) is 26.1 Å². The van der Waals surface area contributed by atoms with Crippen molar-refractivity contribution in [3.05, 3.63) is 29.8 Å². The van der Waals surface area contributed by atoms with Crippen molar-refractivity contribution in [1.29, 1.82) is 0 Å². The number of ether oxygens (including phenoxy) is 3. The molecule has 0 spiro atoms. The van der Waals surface area contributed by atoms with Crippen LogP contribution in [0.3, 0.4) is 0 Å². The van der Waals surface area contributed by atoms with Crippen LogP contribution >= 0.6 is 0 Å². The number of rotatable bonds is 5. The summed E-state index contributed by atoms with van der Waals surface area (Å²) in [7, 11) is 0. The first-order valence-corrected chi connectivity index (χ1v) is 10.5. The van der Waals surface area contributed by atoms with Crippen LogP contribution in [-0.2, 0) is 9.47 Å². The van der Waals surface area contributed by atoms with Gasteiger partial charge in [-0.25, -0.2) is 4.39 Å². The number of halogens is 2. The van der Waals surface area contributed by atoms with Gasteiger partial charge in [0.15, 0.2) is 17.9 Å². The molecule has 3 aliphatic rings. The zero-order valence-electron chi connectivity index (χ0n) is 15.9. The molecule has 1 saturated heterocycles. The molecule has 0 aromatic heterocycles. The monoisotopic (exact) mass is 380 g/mol. The molecule has 0 N–H and O–H groups in total. The van der Waals surface area contributed by atoms with Crippen LogP contribution in [0.15, 0.2) is 18.2 Å². The molecule has 2 aliphatic carbocycles. The van der Waals surface area contributed by atoms with E-state index in [1.165, 1.54) is 50.7 Å². The predicted molar refractivity (Wildman–Crippen MR) is 98.4 cm³/mol. The maximum absolute atomic E-state index is 13.7. The Morgan fingerprint density at radius 1 is 0.815 bits per heavy atom. The Morgan fingerprint density at radius 3 is 2.07 bits per heavy atom. The quantitative estimate of drug-likeness (QED) is 0.691. The molecule has 0 atom stereocenters. The van der Waals surface area contributed by atoms with E-state index in [-0.39, 0.29) is 12.0 Å². The maximum atomic E-state index is 13.7. The standard InChI is InChI=1S/C22H30F2O3/c23-19-2-1-3-20(21(19)24)27-14-15-4-6-16(7-5-15)17-8-10-18(11-9-17)22-25-12-13-26-22/h1-3,15-18,22H,4-14H2. The molecule has 27 heavy (non-hydrogen) atoms. The Balaban J connectivity index is 1.18. The molecular formula is C22H30F2O3. The molecule has 0 amide bonds. The molecule has 4 rings (SSSR count). The van der Waals surface area contributed by atoms with Crippen LogP contribution in [0.5, 0.6) is 5.75 Å². The molecule has 3 fully saturated rings. The van der Waals surface area contributed by atoms with E-state index in [9.17, 15) is 8.78 Å².